The standard InChI is InChI=1S/C21H25FN2O2/c22-20-11-10-18(26-17-8-6-15(7-9-17)12-13-23)14-19(20)21(25)24-16-4-2-1-3-5-16/h6-11,14,16H,1-5,12-13,23H2,(H,24,25). The number of carbonyl (C=O) groups excluding carboxylic acids is 1. The first kappa shape index (κ1) is 18.4. The number of hydrogen-bond acceptors (Lipinski definition) is 3. The van der Waals surface area contributed by atoms with Gasteiger partial charge in [0.05, 0.1) is 5.56 Å². The Labute approximate surface area is 153 Å². The monoisotopic (exact) mass is 356 g/mol. The van der Waals surface area contributed by atoms with E-state index in [1.807, 2.05) is 24.3 Å². The fourth-order valence-electron chi connectivity index (χ4n) is 3.28. The highest BCUT2D eigenvalue weighted by atomic mass is 19.1. The lowest BCUT2D eigenvalue weighted by Gasteiger charge is -2.23. The van der Waals surface area contributed by atoms with Crippen molar-refractivity contribution >= 4 is 5.91 Å². The molecule has 2 aromatic rings. The molecule has 4 nitrogen and oxygen atoms in total. The largest absolute Gasteiger partial charge is 0.457 e. The van der Waals surface area contributed by atoms with E-state index in [0.717, 1.165) is 37.7 Å². The topological polar surface area (TPSA) is 64.3 Å². The van der Waals surface area contributed by atoms with Gasteiger partial charge in [0, 0.05) is 6.04 Å². The summed E-state index contributed by atoms with van der Waals surface area (Å²) in [4.78, 5) is 12.4. The number of nitrogens with two attached hydrogens (primary N) is 1. The average Bonchev–Trinajstić information content (AvgIpc) is 2.66. The first-order valence-corrected chi connectivity index (χ1v) is 9.23. The lowest BCUT2D eigenvalue weighted by molar-refractivity contribution is 0.0923. The summed E-state index contributed by atoms with van der Waals surface area (Å²) in [6, 6.07) is 12.0. The van der Waals surface area contributed by atoms with E-state index in [9.17, 15) is 9.18 Å². The van der Waals surface area contributed by atoms with Crippen LogP contribution in [0.5, 0.6) is 11.5 Å². The van der Waals surface area contributed by atoms with Gasteiger partial charge in [-0.1, -0.05) is 31.4 Å². The van der Waals surface area contributed by atoms with Crippen LogP contribution in [0.15, 0.2) is 42.5 Å². The van der Waals surface area contributed by atoms with Crippen LogP contribution in [0.25, 0.3) is 0 Å². The number of halogens is 1. The van der Waals surface area contributed by atoms with Crippen molar-refractivity contribution in [2.75, 3.05) is 6.54 Å². The molecule has 1 fully saturated rings. The van der Waals surface area contributed by atoms with E-state index >= 15 is 0 Å². The van der Waals surface area contributed by atoms with Gasteiger partial charge in [-0.2, -0.15) is 0 Å². The van der Waals surface area contributed by atoms with E-state index in [1.165, 1.54) is 24.6 Å². The molecule has 0 aliphatic heterocycles. The van der Waals surface area contributed by atoms with Crippen molar-refractivity contribution in [3.8, 4) is 11.5 Å². The molecule has 3 N–H and O–H groups in total. The Morgan fingerprint density at radius 2 is 1.77 bits per heavy atom. The summed E-state index contributed by atoms with van der Waals surface area (Å²) in [6.45, 7) is 0.595. The zero-order valence-corrected chi connectivity index (χ0v) is 14.8. The maximum absolute atomic E-state index is 14.1. The van der Waals surface area contributed by atoms with E-state index in [-0.39, 0.29) is 17.5 Å². The lowest BCUT2D eigenvalue weighted by atomic mass is 9.95. The molecule has 0 heterocycles. The number of hydrogen-bond donors (Lipinski definition) is 2. The number of rotatable bonds is 6. The Morgan fingerprint density at radius 1 is 1.08 bits per heavy atom. The molecule has 1 amide bonds. The maximum Gasteiger partial charge on any atom is 0.254 e. The summed E-state index contributed by atoms with van der Waals surface area (Å²) in [7, 11) is 0. The molecule has 0 saturated heterocycles. The summed E-state index contributed by atoms with van der Waals surface area (Å²) in [5.74, 6) is 0.157. The first-order valence-electron chi connectivity index (χ1n) is 9.23. The van der Waals surface area contributed by atoms with Crippen LogP contribution >= 0.6 is 0 Å². The van der Waals surface area contributed by atoms with Gasteiger partial charge in [0.1, 0.15) is 17.3 Å². The van der Waals surface area contributed by atoms with Gasteiger partial charge in [0.2, 0.25) is 0 Å². The molecular weight excluding hydrogens is 331 g/mol. The van der Waals surface area contributed by atoms with Gasteiger partial charge in [-0.3, -0.25) is 4.79 Å². The van der Waals surface area contributed by atoms with E-state index in [0.29, 0.717) is 18.0 Å². The predicted octanol–water partition coefficient (Wildman–Crippen LogP) is 4.18. The Kier molecular flexibility index (Phi) is 6.23. The number of carbonyl (C=O) groups is 1. The SMILES string of the molecule is NCCc1ccc(Oc2ccc(F)c(C(=O)NC3CCCCC3)c2)cc1. The molecule has 2 aromatic carbocycles. The predicted molar refractivity (Wildman–Crippen MR) is 100 cm³/mol. The molecule has 0 spiro atoms. The fourth-order valence-corrected chi connectivity index (χ4v) is 3.28. The minimum atomic E-state index is -0.538. The second kappa shape index (κ2) is 8.81. The third-order valence-electron chi connectivity index (χ3n) is 4.71. The molecule has 0 unspecified atom stereocenters. The summed E-state index contributed by atoms with van der Waals surface area (Å²) < 4.78 is 19.9. The van der Waals surface area contributed by atoms with Crippen LogP contribution in [0, 0.1) is 5.82 Å². The number of ether oxygens (including phenoxy) is 1. The van der Waals surface area contributed by atoms with Gasteiger partial charge in [-0.05, 0) is 61.7 Å². The maximum atomic E-state index is 14.1. The minimum Gasteiger partial charge on any atom is -0.457 e. The molecular formula is C21H25FN2O2. The summed E-state index contributed by atoms with van der Waals surface area (Å²) in [5.41, 5.74) is 6.70. The van der Waals surface area contributed by atoms with Gasteiger partial charge in [-0.25, -0.2) is 4.39 Å². The van der Waals surface area contributed by atoms with Crippen molar-refractivity contribution in [1.29, 1.82) is 0 Å². The molecule has 26 heavy (non-hydrogen) atoms. The average molecular weight is 356 g/mol. The van der Waals surface area contributed by atoms with Crippen LogP contribution in [0.1, 0.15) is 48.0 Å². The zero-order valence-electron chi connectivity index (χ0n) is 14.8. The highest BCUT2D eigenvalue weighted by molar-refractivity contribution is 5.95. The summed E-state index contributed by atoms with van der Waals surface area (Å²) in [5, 5.41) is 2.94. The summed E-state index contributed by atoms with van der Waals surface area (Å²) in [6.07, 6.45) is 6.14. The normalized spacial score (nSPS) is 14.8. The highest BCUT2D eigenvalue weighted by Gasteiger charge is 2.19. The van der Waals surface area contributed by atoms with Crippen LogP contribution < -0.4 is 15.8 Å². The van der Waals surface area contributed by atoms with E-state index in [1.54, 1.807) is 0 Å². The minimum absolute atomic E-state index is 0.0211. The molecule has 138 valence electrons. The third-order valence-corrected chi connectivity index (χ3v) is 4.71. The molecule has 3 rings (SSSR count). The van der Waals surface area contributed by atoms with Gasteiger partial charge in [0.15, 0.2) is 0 Å². The van der Waals surface area contributed by atoms with Crippen LogP contribution in [0.2, 0.25) is 0 Å². The Morgan fingerprint density at radius 3 is 2.46 bits per heavy atom. The van der Waals surface area contributed by atoms with Crippen molar-refractivity contribution < 1.29 is 13.9 Å². The van der Waals surface area contributed by atoms with Crippen LogP contribution in [-0.2, 0) is 6.42 Å². The highest BCUT2D eigenvalue weighted by Crippen LogP contribution is 2.25. The van der Waals surface area contributed by atoms with Crippen molar-refractivity contribution in [2.45, 2.75) is 44.6 Å². The molecule has 1 saturated carbocycles. The van der Waals surface area contributed by atoms with Crippen molar-refractivity contribution in [3.63, 3.8) is 0 Å². The van der Waals surface area contributed by atoms with Gasteiger partial charge < -0.3 is 15.8 Å². The first-order chi connectivity index (χ1) is 12.7. The Bertz CT molecular complexity index is 740. The van der Waals surface area contributed by atoms with Crippen molar-refractivity contribution in [2.24, 2.45) is 5.73 Å². The third kappa shape index (κ3) is 4.82. The van der Waals surface area contributed by atoms with E-state index < -0.39 is 5.82 Å². The second-order valence-corrected chi connectivity index (χ2v) is 6.73. The van der Waals surface area contributed by atoms with Gasteiger partial charge >= 0.3 is 0 Å². The van der Waals surface area contributed by atoms with Gasteiger partial charge in [0.25, 0.3) is 5.91 Å². The molecule has 1 aliphatic rings. The zero-order chi connectivity index (χ0) is 18.4. The number of amides is 1. The lowest BCUT2D eigenvalue weighted by Crippen LogP contribution is -2.36. The smallest absolute Gasteiger partial charge is 0.254 e. The number of benzene rings is 2. The number of nitrogens with one attached hydrogen (secondary N) is 1. The molecule has 1 aliphatic carbocycles. The fraction of sp³-hybridized carbons (Fsp3) is 0.381. The molecule has 5 heteroatoms. The van der Waals surface area contributed by atoms with Crippen LogP contribution in [0.3, 0.4) is 0 Å². The van der Waals surface area contributed by atoms with Crippen LogP contribution in [0.4, 0.5) is 4.39 Å². The van der Waals surface area contributed by atoms with E-state index in [4.69, 9.17) is 10.5 Å². The van der Waals surface area contributed by atoms with Crippen molar-refractivity contribution in [3.05, 3.63) is 59.4 Å². The van der Waals surface area contributed by atoms with E-state index in [2.05, 4.69) is 5.32 Å². The molecule has 0 aromatic heterocycles. The van der Waals surface area contributed by atoms with Crippen molar-refractivity contribution in [1.82, 2.24) is 5.32 Å². The molecule has 0 bridgehead atoms. The molecule has 0 atom stereocenters. The quantitative estimate of drug-likeness (QED) is 0.816. The molecule has 0 radical (unpaired) electrons. The van der Waals surface area contributed by atoms with Gasteiger partial charge in [-0.15, -0.1) is 0 Å². The van der Waals surface area contributed by atoms with Crippen LogP contribution in [-0.4, -0.2) is 18.5 Å². The Balaban J connectivity index is 1.69. The summed E-state index contributed by atoms with van der Waals surface area (Å²) >= 11 is 0. The Hall–Kier alpha value is -2.40. The second-order valence-electron chi connectivity index (χ2n) is 6.73.